The van der Waals surface area contributed by atoms with Crippen LogP contribution in [0.1, 0.15) is 32.3 Å². The van der Waals surface area contributed by atoms with E-state index in [1.165, 1.54) is 13.2 Å². The average Bonchev–Trinajstić information content (AvgIpc) is 2.42. The Bertz CT molecular complexity index is 509. The minimum absolute atomic E-state index is 0.406. The number of carbonyl (C=O) groups is 1. The van der Waals surface area contributed by atoms with Crippen LogP contribution in [0.4, 0.5) is 0 Å². The first-order valence-corrected chi connectivity index (χ1v) is 7.23. The molecule has 1 rings (SSSR count). The second-order valence-electron chi connectivity index (χ2n) is 5.09. The molecule has 0 amide bonds. The van der Waals surface area contributed by atoms with E-state index in [1.54, 1.807) is 12.1 Å². The lowest BCUT2D eigenvalue weighted by molar-refractivity contribution is -0.131. The number of ether oxygens (including phenoxy) is 2. The summed E-state index contributed by atoms with van der Waals surface area (Å²) >= 11 is 6.18. The topological polar surface area (TPSA) is 55.8 Å². The van der Waals surface area contributed by atoms with Crippen LogP contribution in [0.5, 0.6) is 11.5 Å². The molecule has 5 heteroatoms. The van der Waals surface area contributed by atoms with Crippen LogP contribution in [0.15, 0.2) is 18.2 Å². The van der Waals surface area contributed by atoms with Crippen molar-refractivity contribution in [3.05, 3.63) is 28.8 Å². The van der Waals surface area contributed by atoms with Gasteiger partial charge in [-0.1, -0.05) is 25.4 Å². The molecule has 0 radical (unpaired) electrons. The lowest BCUT2D eigenvalue weighted by Gasteiger charge is -2.13. The van der Waals surface area contributed by atoms with E-state index >= 15 is 0 Å². The van der Waals surface area contributed by atoms with Crippen molar-refractivity contribution in [2.45, 2.75) is 26.7 Å². The van der Waals surface area contributed by atoms with Crippen LogP contribution >= 0.6 is 11.6 Å². The number of carboxylic acids is 1. The van der Waals surface area contributed by atoms with Gasteiger partial charge in [0.1, 0.15) is 0 Å². The standard InChI is InChI=1S/C16H21ClO4/c1-11(2)5-4-8-21-16-13(17)9-12(6-7-15(18)19)10-14(16)20-3/h6-7,9-11H,4-5,8H2,1-3H3,(H,18,19)/b7-6+. The van der Waals surface area contributed by atoms with Crippen molar-refractivity contribution in [3.8, 4) is 11.5 Å². The molecule has 0 bridgehead atoms. The Balaban J connectivity index is 2.82. The van der Waals surface area contributed by atoms with Crippen molar-refractivity contribution < 1.29 is 19.4 Å². The molecular formula is C16H21ClO4. The molecule has 0 saturated heterocycles. The fourth-order valence-electron chi connectivity index (χ4n) is 1.81. The molecule has 0 fully saturated rings. The van der Waals surface area contributed by atoms with Crippen LogP contribution in [0, 0.1) is 5.92 Å². The molecule has 0 heterocycles. The minimum atomic E-state index is -1.01. The zero-order chi connectivity index (χ0) is 15.8. The molecule has 0 aliphatic heterocycles. The molecular weight excluding hydrogens is 292 g/mol. The summed E-state index contributed by atoms with van der Waals surface area (Å²) in [6, 6.07) is 3.35. The highest BCUT2D eigenvalue weighted by molar-refractivity contribution is 6.32. The fourth-order valence-corrected chi connectivity index (χ4v) is 2.08. The van der Waals surface area contributed by atoms with E-state index in [0.717, 1.165) is 18.9 Å². The van der Waals surface area contributed by atoms with Gasteiger partial charge in [0, 0.05) is 6.08 Å². The molecule has 0 unspecified atom stereocenters. The highest BCUT2D eigenvalue weighted by Gasteiger charge is 2.11. The number of hydrogen-bond acceptors (Lipinski definition) is 3. The second kappa shape index (κ2) is 8.57. The SMILES string of the molecule is COc1cc(/C=C/C(=O)O)cc(Cl)c1OCCCC(C)C. The van der Waals surface area contributed by atoms with Gasteiger partial charge in [-0.25, -0.2) is 4.79 Å². The number of methoxy groups -OCH3 is 1. The van der Waals surface area contributed by atoms with Gasteiger partial charge in [0.25, 0.3) is 0 Å². The van der Waals surface area contributed by atoms with Gasteiger partial charge >= 0.3 is 5.97 Å². The molecule has 0 aliphatic carbocycles. The maximum atomic E-state index is 10.5. The maximum absolute atomic E-state index is 10.5. The fraction of sp³-hybridized carbons (Fsp3) is 0.438. The number of hydrogen-bond donors (Lipinski definition) is 1. The molecule has 1 N–H and O–H groups in total. The van der Waals surface area contributed by atoms with Crippen molar-refractivity contribution in [2.24, 2.45) is 5.92 Å². The number of benzene rings is 1. The molecule has 0 aromatic heterocycles. The molecule has 1 aromatic carbocycles. The van der Waals surface area contributed by atoms with Gasteiger partial charge in [0.15, 0.2) is 11.5 Å². The van der Waals surface area contributed by atoms with Crippen molar-refractivity contribution >= 4 is 23.6 Å². The molecule has 0 aliphatic rings. The van der Waals surface area contributed by atoms with Crippen LogP contribution in [-0.4, -0.2) is 24.8 Å². The Morgan fingerprint density at radius 2 is 2.14 bits per heavy atom. The van der Waals surface area contributed by atoms with Crippen molar-refractivity contribution in [1.29, 1.82) is 0 Å². The Kier molecular flexibility index (Phi) is 7.09. The quantitative estimate of drug-likeness (QED) is 0.575. The number of carboxylic acid groups (broad SMARTS) is 1. The van der Waals surface area contributed by atoms with Crippen LogP contribution < -0.4 is 9.47 Å². The molecule has 0 saturated carbocycles. The Labute approximate surface area is 130 Å². The van der Waals surface area contributed by atoms with E-state index in [-0.39, 0.29) is 0 Å². The van der Waals surface area contributed by atoms with Gasteiger partial charge in [-0.15, -0.1) is 0 Å². The van der Waals surface area contributed by atoms with Gasteiger partial charge < -0.3 is 14.6 Å². The summed E-state index contributed by atoms with van der Waals surface area (Å²) in [5.74, 6) is 0.612. The normalized spacial score (nSPS) is 11.1. The number of halogens is 1. The van der Waals surface area contributed by atoms with E-state index in [4.69, 9.17) is 26.2 Å². The highest BCUT2D eigenvalue weighted by atomic mass is 35.5. The van der Waals surface area contributed by atoms with E-state index in [2.05, 4.69) is 13.8 Å². The van der Waals surface area contributed by atoms with E-state index < -0.39 is 5.97 Å². The zero-order valence-electron chi connectivity index (χ0n) is 12.6. The van der Waals surface area contributed by atoms with Crippen molar-refractivity contribution in [3.63, 3.8) is 0 Å². The monoisotopic (exact) mass is 312 g/mol. The van der Waals surface area contributed by atoms with Gasteiger partial charge in [0.05, 0.1) is 18.7 Å². The average molecular weight is 313 g/mol. The summed E-state index contributed by atoms with van der Waals surface area (Å²) in [4.78, 5) is 10.5. The van der Waals surface area contributed by atoms with E-state index in [0.29, 0.717) is 34.6 Å². The van der Waals surface area contributed by atoms with Crippen LogP contribution in [-0.2, 0) is 4.79 Å². The Morgan fingerprint density at radius 1 is 1.43 bits per heavy atom. The molecule has 1 aromatic rings. The summed E-state index contributed by atoms with van der Waals surface area (Å²) in [7, 11) is 1.53. The summed E-state index contributed by atoms with van der Waals surface area (Å²) in [6.45, 7) is 4.90. The third-order valence-corrected chi connectivity index (χ3v) is 3.12. The summed E-state index contributed by atoms with van der Waals surface area (Å²) in [6.07, 6.45) is 4.53. The molecule has 21 heavy (non-hydrogen) atoms. The second-order valence-corrected chi connectivity index (χ2v) is 5.50. The predicted octanol–water partition coefficient (Wildman–Crippen LogP) is 4.26. The third-order valence-electron chi connectivity index (χ3n) is 2.84. The Morgan fingerprint density at radius 3 is 2.71 bits per heavy atom. The predicted molar refractivity (Wildman–Crippen MR) is 84.2 cm³/mol. The van der Waals surface area contributed by atoms with Crippen LogP contribution in [0.3, 0.4) is 0 Å². The third kappa shape index (κ3) is 6.08. The zero-order valence-corrected chi connectivity index (χ0v) is 13.3. The summed E-state index contributed by atoms with van der Waals surface area (Å²) < 4.78 is 11.0. The lowest BCUT2D eigenvalue weighted by Crippen LogP contribution is -2.02. The van der Waals surface area contributed by atoms with Gasteiger partial charge in [-0.2, -0.15) is 0 Å². The maximum Gasteiger partial charge on any atom is 0.328 e. The van der Waals surface area contributed by atoms with Crippen LogP contribution in [0.2, 0.25) is 5.02 Å². The number of rotatable bonds is 8. The smallest absolute Gasteiger partial charge is 0.328 e. The van der Waals surface area contributed by atoms with Crippen LogP contribution in [0.25, 0.3) is 6.08 Å². The lowest BCUT2D eigenvalue weighted by atomic mass is 10.1. The first-order chi connectivity index (χ1) is 9.93. The van der Waals surface area contributed by atoms with Gasteiger partial charge in [-0.05, 0) is 42.5 Å². The number of aliphatic carboxylic acids is 1. The largest absolute Gasteiger partial charge is 0.493 e. The van der Waals surface area contributed by atoms with Crippen molar-refractivity contribution in [2.75, 3.05) is 13.7 Å². The van der Waals surface area contributed by atoms with Gasteiger partial charge in [-0.3, -0.25) is 0 Å². The first-order valence-electron chi connectivity index (χ1n) is 6.85. The summed E-state index contributed by atoms with van der Waals surface area (Å²) in [5, 5.41) is 9.04. The first kappa shape index (κ1) is 17.4. The highest BCUT2D eigenvalue weighted by Crippen LogP contribution is 2.37. The van der Waals surface area contributed by atoms with E-state index in [9.17, 15) is 4.79 Å². The molecule has 4 nitrogen and oxygen atoms in total. The van der Waals surface area contributed by atoms with E-state index in [1.807, 2.05) is 0 Å². The van der Waals surface area contributed by atoms with Crippen molar-refractivity contribution in [1.82, 2.24) is 0 Å². The summed E-state index contributed by atoms with van der Waals surface area (Å²) in [5.41, 5.74) is 0.647. The molecule has 116 valence electrons. The molecule has 0 spiro atoms. The minimum Gasteiger partial charge on any atom is -0.493 e. The molecule has 0 atom stereocenters. The Hall–Kier alpha value is -1.68. The van der Waals surface area contributed by atoms with Gasteiger partial charge in [0.2, 0.25) is 0 Å².